The maximum atomic E-state index is 5.76. The Morgan fingerprint density at radius 3 is 3.11 bits per heavy atom. The number of guanidine groups is 1. The second kappa shape index (κ2) is 6.56. The predicted octanol–water partition coefficient (Wildman–Crippen LogP) is 1.03. The van der Waals surface area contributed by atoms with Crippen molar-refractivity contribution in [1.82, 2.24) is 20.8 Å². The topological polar surface area (TPSA) is 74.3 Å². The van der Waals surface area contributed by atoms with Gasteiger partial charge in [0.25, 0.3) is 0 Å². The maximum absolute atomic E-state index is 5.76. The Kier molecular flexibility index (Phi) is 4.79. The Morgan fingerprint density at radius 2 is 2.47 bits per heavy atom. The molecule has 6 nitrogen and oxygen atoms in total. The van der Waals surface area contributed by atoms with E-state index in [2.05, 4.69) is 39.7 Å². The standard InChI is InChI=1S/C13H23N5O/c1-3-14-12(15-9-11-5-7-17-18-11)16-10-13(2)6-4-8-19-13/h5,7H,3-4,6,8-10H2,1-2H3,(H,17,18)(H2,14,15,16). The highest BCUT2D eigenvalue weighted by Crippen LogP contribution is 2.23. The number of ether oxygens (including phenoxy) is 1. The number of rotatable bonds is 5. The van der Waals surface area contributed by atoms with Crippen LogP contribution in [0.25, 0.3) is 0 Å². The van der Waals surface area contributed by atoms with Crippen LogP contribution in [0.5, 0.6) is 0 Å². The molecule has 1 saturated heterocycles. The average Bonchev–Trinajstić information content (AvgIpc) is 3.05. The van der Waals surface area contributed by atoms with E-state index in [-0.39, 0.29) is 5.60 Å². The Hall–Kier alpha value is -1.56. The molecular weight excluding hydrogens is 242 g/mol. The number of hydrogen-bond acceptors (Lipinski definition) is 3. The fraction of sp³-hybridized carbons (Fsp3) is 0.692. The zero-order valence-electron chi connectivity index (χ0n) is 11.7. The fourth-order valence-electron chi connectivity index (χ4n) is 2.13. The van der Waals surface area contributed by atoms with E-state index in [1.807, 2.05) is 6.07 Å². The third-order valence-corrected chi connectivity index (χ3v) is 3.24. The molecule has 0 spiro atoms. The molecule has 0 amide bonds. The molecule has 1 aliphatic heterocycles. The van der Waals surface area contributed by atoms with E-state index in [0.717, 1.165) is 44.2 Å². The minimum Gasteiger partial charge on any atom is -0.373 e. The molecule has 6 heteroatoms. The summed E-state index contributed by atoms with van der Waals surface area (Å²) in [5.74, 6) is 0.814. The van der Waals surface area contributed by atoms with Crippen molar-refractivity contribution in [2.75, 3.05) is 19.7 Å². The molecule has 0 saturated carbocycles. The van der Waals surface area contributed by atoms with Crippen molar-refractivity contribution < 1.29 is 4.74 Å². The predicted molar refractivity (Wildman–Crippen MR) is 75.0 cm³/mol. The highest BCUT2D eigenvalue weighted by Gasteiger charge is 2.29. The van der Waals surface area contributed by atoms with Crippen LogP contribution >= 0.6 is 0 Å². The molecule has 0 radical (unpaired) electrons. The van der Waals surface area contributed by atoms with Gasteiger partial charge in [0, 0.05) is 25.9 Å². The van der Waals surface area contributed by atoms with Crippen LogP contribution in [0.1, 0.15) is 32.4 Å². The van der Waals surface area contributed by atoms with E-state index < -0.39 is 0 Å². The van der Waals surface area contributed by atoms with Crippen molar-refractivity contribution in [3.63, 3.8) is 0 Å². The lowest BCUT2D eigenvalue weighted by Crippen LogP contribution is -2.45. The monoisotopic (exact) mass is 265 g/mol. The first kappa shape index (κ1) is 13.9. The number of nitrogens with one attached hydrogen (secondary N) is 3. The van der Waals surface area contributed by atoms with Crippen LogP contribution in [0.2, 0.25) is 0 Å². The van der Waals surface area contributed by atoms with Gasteiger partial charge in [-0.15, -0.1) is 0 Å². The van der Waals surface area contributed by atoms with Crippen LogP contribution in [-0.4, -0.2) is 41.5 Å². The molecule has 0 aliphatic carbocycles. The van der Waals surface area contributed by atoms with Crippen LogP contribution in [0.15, 0.2) is 17.3 Å². The molecule has 1 aromatic heterocycles. The first-order valence-corrected chi connectivity index (χ1v) is 6.86. The lowest BCUT2D eigenvalue weighted by molar-refractivity contribution is 0.0243. The normalized spacial score (nSPS) is 23.6. The molecule has 1 fully saturated rings. The number of nitrogens with zero attached hydrogens (tertiary/aromatic N) is 2. The van der Waals surface area contributed by atoms with E-state index in [4.69, 9.17) is 4.74 Å². The van der Waals surface area contributed by atoms with Crippen molar-refractivity contribution in [2.45, 2.75) is 38.8 Å². The lowest BCUT2D eigenvalue weighted by atomic mass is 10.0. The molecule has 3 N–H and O–H groups in total. The van der Waals surface area contributed by atoms with Gasteiger partial charge in [-0.1, -0.05) is 0 Å². The van der Waals surface area contributed by atoms with Gasteiger partial charge >= 0.3 is 0 Å². The van der Waals surface area contributed by atoms with Gasteiger partial charge in [0.15, 0.2) is 5.96 Å². The van der Waals surface area contributed by atoms with Gasteiger partial charge in [-0.25, -0.2) is 4.99 Å². The number of aromatic amines is 1. The summed E-state index contributed by atoms with van der Waals surface area (Å²) in [5.41, 5.74) is 0.935. The first-order valence-electron chi connectivity index (χ1n) is 6.86. The molecule has 1 aliphatic rings. The van der Waals surface area contributed by atoms with Crippen molar-refractivity contribution in [3.05, 3.63) is 18.0 Å². The molecule has 2 heterocycles. The van der Waals surface area contributed by atoms with Crippen LogP contribution in [0.4, 0.5) is 0 Å². The van der Waals surface area contributed by atoms with E-state index >= 15 is 0 Å². The summed E-state index contributed by atoms with van der Waals surface area (Å²) in [6, 6.07) is 1.93. The third-order valence-electron chi connectivity index (χ3n) is 3.24. The fourth-order valence-corrected chi connectivity index (χ4v) is 2.13. The highest BCUT2D eigenvalue weighted by atomic mass is 16.5. The van der Waals surface area contributed by atoms with Gasteiger partial charge in [-0.2, -0.15) is 5.10 Å². The van der Waals surface area contributed by atoms with Crippen LogP contribution in [0.3, 0.4) is 0 Å². The summed E-state index contributed by atoms with van der Waals surface area (Å²) >= 11 is 0. The largest absolute Gasteiger partial charge is 0.373 e. The van der Waals surface area contributed by atoms with Gasteiger partial charge in [-0.3, -0.25) is 5.10 Å². The molecule has 2 rings (SSSR count). The molecule has 1 aromatic rings. The van der Waals surface area contributed by atoms with Gasteiger partial charge in [0.2, 0.25) is 0 Å². The minimum absolute atomic E-state index is 0.0653. The molecule has 1 atom stereocenters. The van der Waals surface area contributed by atoms with E-state index in [1.54, 1.807) is 6.20 Å². The second-order valence-corrected chi connectivity index (χ2v) is 5.03. The molecule has 19 heavy (non-hydrogen) atoms. The summed E-state index contributed by atoms with van der Waals surface area (Å²) in [4.78, 5) is 4.52. The van der Waals surface area contributed by atoms with Crippen molar-refractivity contribution in [2.24, 2.45) is 4.99 Å². The van der Waals surface area contributed by atoms with Gasteiger partial charge in [-0.05, 0) is 32.8 Å². The van der Waals surface area contributed by atoms with Crippen molar-refractivity contribution >= 4 is 5.96 Å². The smallest absolute Gasteiger partial charge is 0.191 e. The lowest BCUT2D eigenvalue weighted by Gasteiger charge is -2.24. The molecular formula is C13H23N5O. The van der Waals surface area contributed by atoms with E-state index in [0.29, 0.717) is 6.54 Å². The molecule has 106 valence electrons. The Morgan fingerprint density at radius 1 is 1.58 bits per heavy atom. The first-order chi connectivity index (χ1) is 9.22. The zero-order valence-corrected chi connectivity index (χ0v) is 11.7. The van der Waals surface area contributed by atoms with Crippen LogP contribution < -0.4 is 10.6 Å². The van der Waals surface area contributed by atoms with Gasteiger partial charge in [0.1, 0.15) is 0 Å². The average molecular weight is 265 g/mol. The van der Waals surface area contributed by atoms with Crippen molar-refractivity contribution in [3.8, 4) is 0 Å². The summed E-state index contributed by atoms with van der Waals surface area (Å²) in [7, 11) is 0. The number of hydrogen-bond donors (Lipinski definition) is 3. The summed E-state index contributed by atoms with van der Waals surface area (Å²) in [6.07, 6.45) is 3.97. The summed E-state index contributed by atoms with van der Waals surface area (Å²) in [5, 5.41) is 13.4. The second-order valence-electron chi connectivity index (χ2n) is 5.03. The molecule has 1 unspecified atom stereocenters. The maximum Gasteiger partial charge on any atom is 0.191 e. The summed E-state index contributed by atoms with van der Waals surface area (Å²) < 4.78 is 5.76. The third kappa shape index (κ3) is 4.24. The SMILES string of the molecule is CCNC(=NCc1ccn[nH]1)NCC1(C)CCCO1. The van der Waals surface area contributed by atoms with E-state index in [9.17, 15) is 0 Å². The molecule has 0 aromatic carbocycles. The number of H-pyrrole nitrogens is 1. The molecule has 0 bridgehead atoms. The number of aliphatic imine (C=N–C) groups is 1. The minimum atomic E-state index is -0.0653. The van der Waals surface area contributed by atoms with Gasteiger partial charge in [0.05, 0.1) is 17.8 Å². The summed E-state index contributed by atoms with van der Waals surface area (Å²) in [6.45, 7) is 7.27. The quantitative estimate of drug-likeness (QED) is 0.549. The zero-order chi connectivity index (χ0) is 13.6. The Labute approximate surface area is 114 Å². The van der Waals surface area contributed by atoms with Crippen molar-refractivity contribution in [1.29, 1.82) is 0 Å². The highest BCUT2D eigenvalue weighted by molar-refractivity contribution is 5.79. The van der Waals surface area contributed by atoms with Crippen LogP contribution in [0, 0.1) is 0 Å². The van der Waals surface area contributed by atoms with Crippen LogP contribution in [-0.2, 0) is 11.3 Å². The van der Waals surface area contributed by atoms with E-state index in [1.165, 1.54) is 0 Å². The Bertz CT molecular complexity index is 395. The Balaban J connectivity index is 1.86. The van der Waals surface area contributed by atoms with Gasteiger partial charge < -0.3 is 15.4 Å². The number of aromatic nitrogens is 2.